The van der Waals surface area contributed by atoms with Crippen molar-refractivity contribution in [2.75, 3.05) is 30.8 Å². The van der Waals surface area contributed by atoms with E-state index in [-0.39, 0.29) is 5.91 Å². The van der Waals surface area contributed by atoms with Crippen LogP contribution >= 0.6 is 0 Å². The van der Waals surface area contributed by atoms with Gasteiger partial charge in [-0.1, -0.05) is 30.0 Å². The van der Waals surface area contributed by atoms with Gasteiger partial charge in [0.1, 0.15) is 17.5 Å². The van der Waals surface area contributed by atoms with Crippen LogP contribution in [-0.2, 0) is 9.53 Å². The van der Waals surface area contributed by atoms with Crippen LogP contribution in [0, 0.1) is 11.8 Å². The number of aromatic nitrogens is 5. The highest BCUT2D eigenvalue weighted by Gasteiger charge is 2.26. The normalized spacial score (nSPS) is 11.6. The van der Waals surface area contributed by atoms with Crippen molar-refractivity contribution in [3.63, 3.8) is 0 Å². The lowest BCUT2D eigenvalue weighted by molar-refractivity contribution is -0.125. The summed E-state index contributed by atoms with van der Waals surface area (Å²) in [6.07, 6.45) is 6.70. The van der Waals surface area contributed by atoms with Crippen LogP contribution in [0.15, 0.2) is 42.9 Å². The number of anilines is 3. The van der Waals surface area contributed by atoms with Gasteiger partial charge in [-0.25, -0.2) is 14.5 Å². The van der Waals surface area contributed by atoms with E-state index in [0.29, 0.717) is 36.7 Å². The molecule has 0 spiro atoms. The first-order valence-electron chi connectivity index (χ1n) is 13.6. The third kappa shape index (κ3) is 9.79. The number of unbranched alkanes of at least 4 members (excludes halogenated alkanes) is 1. The highest BCUT2D eigenvalue weighted by Crippen LogP contribution is 2.19. The van der Waals surface area contributed by atoms with E-state index >= 15 is 0 Å². The summed E-state index contributed by atoms with van der Waals surface area (Å²) in [6, 6.07) is 7.04. The second kappa shape index (κ2) is 14.6. The van der Waals surface area contributed by atoms with Crippen molar-refractivity contribution in [3.05, 3.63) is 48.4 Å². The second-order valence-corrected chi connectivity index (χ2v) is 10.4. The monoisotopic (exact) mass is 561 g/mol. The molecule has 0 aliphatic rings. The van der Waals surface area contributed by atoms with Gasteiger partial charge in [0, 0.05) is 32.2 Å². The zero-order valence-corrected chi connectivity index (χ0v) is 24.6. The van der Waals surface area contributed by atoms with Crippen LogP contribution in [0.1, 0.15) is 59.4 Å². The first-order valence-corrected chi connectivity index (χ1v) is 13.6. The molecule has 0 saturated heterocycles. The Balaban J connectivity index is 1.54. The van der Waals surface area contributed by atoms with Crippen molar-refractivity contribution in [2.45, 2.75) is 65.5 Å². The molecule has 0 fully saturated rings. The number of nitrogens with one attached hydrogen (secondary N) is 3. The summed E-state index contributed by atoms with van der Waals surface area (Å²) in [5.74, 6) is 7.12. The second-order valence-electron chi connectivity index (χ2n) is 10.4. The van der Waals surface area contributed by atoms with Gasteiger partial charge < -0.3 is 20.7 Å². The van der Waals surface area contributed by atoms with Crippen LogP contribution < -0.4 is 16.0 Å². The first kappa shape index (κ1) is 30.9. The summed E-state index contributed by atoms with van der Waals surface area (Å²) >= 11 is 0. The lowest BCUT2D eigenvalue weighted by Crippen LogP contribution is -2.47. The zero-order valence-electron chi connectivity index (χ0n) is 24.6. The fraction of sp³-hybridized carbons (Fsp3) is 0.448. The Morgan fingerprint density at radius 2 is 2.02 bits per heavy atom. The third-order valence-electron chi connectivity index (χ3n) is 5.76. The molecule has 0 aliphatic heterocycles. The van der Waals surface area contributed by atoms with Crippen LogP contribution in [0.2, 0.25) is 0 Å². The standard InChI is InChI=1S/C29H39N9O3/c1-7-15-30-25-22(12-9-8-10-16-31-26(39)21(2)37(6)28(40)41-29(3,4)5)20-32-27(35-25)34-23-13-11-14-24(19-23)38-18-17-33-36-38/h11,13-14,17-21H,7-8,10,15-16H2,1-6H3,(H,31,39)(H2,30,32,34,35)/t21-/m0/s1. The molecule has 1 atom stereocenters. The van der Waals surface area contributed by atoms with E-state index in [4.69, 9.17) is 4.74 Å². The summed E-state index contributed by atoms with van der Waals surface area (Å²) in [6.45, 7) is 10.3. The molecule has 2 heterocycles. The molecular weight excluding hydrogens is 522 g/mol. The molecule has 218 valence electrons. The number of carbonyl (C=O) groups is 2. The number of rotatable bonds is 11. The van der Waals surface area contributed by atoms with Gasteiger partial charge in [-0.05, 0) is 58.7 Å². The number of ether oxygens (including phenoxy) is 1. The fourth-order valence-electron chi connectivity index (χ4n) is 3.47. The van der Waals surface area contributed by atoms with E-state index in [1.165, 1.54) is 4.90 Å². The van der Waals surface area contributed by atoms with Gasteiger partial charge in [0.15, 0.2) is 0 Å². The minimum atomic E-state index is -0.655. The van der Waals surface area contributed by atoms with E-state index < -0.39 is 17.7 Å². The van der Waals surface area contributed by atoms with Gasteiger partial charge >= 0.3 is 6.09 Å². The number of hydrogen-bond donors (Lipinski definition) is 3. The molecule has 0 aliphatic carbocycles. The average Bonchev–Trinajstić information content (AvgIpc) is 3.48. The minimum Gasteiger partial charge on any atom is -0.444 e. The van der Waals surface area contributed by atoms with Crippen LogP contribution in [0.25, 0.3) is 5.69 Å². The van der Waals surface area contributed by atoms with Crippen molar-refractivity contribution in [3.8, 4) is 17.5 Å². The smallest absolute Gasteiger partial charge is 0.410 e. The van der Waals surface area contributed by atoms with E-state index in [1.54, 1.807) is 58.0 Å². The lowest BCUT2D eigenvalue weighted by atomic mass is 10.2. The summed E-state index contributed by atoms with van der Waals surface area (Å²) in [4.78, 5) is 35.0. The highest BCUT2D eigenvalue weighted by molar-refractivity contribution is 5.85. The number of hydrogen-bond acceptors (Lipinski definition) is 9. The fourth-order valence-corrected chi connectivity index (χ4v) is 3.47. The molecule has 3 aromatic rings. The maximum Gasteiger partial charge on any atom is 0.410 e. The Morgan fingerprint density at radius 1 is 1.22 bits per heavy atom. The molecule has 0 radical (unpaired) electrons. The van der Waals surface area contributed by atoms with Crippen LogP contribution in [0.3, 0.4) is 0 Å². The van der Waals surface area contributed by atoms with E-state index in [0.717, 1.165) is 24.3 Å². The SMILES string of the molecule is CCCNc1nc(Nc2cccc(-n3ccnn3)c2)ncc1C#CCCCNC(=O)[C@H](C)N(C)C(=O)OC(C)(C)C. The van der Waals surface area contributed by atoms with Crippen molar-refractivity contribution >= 4 is 29.5 Å². The van der Waals surface area contributed by atoms with Gasteiger partial charge in [-0.15, -0.1) is 5.10 Å². The summed E-state index contributed by atoms with van der Waals surface area (Å²) in [7, 11) is 1.55. The van der Waals surface area contributed by atoms with Crippen LogP contribution in [-0.4, -0.2) is 73.6 Å². The lowest BCUT2D eigenvalue weighted by Gasteiger charge is -2.28. The largest absolute Gasteiger partial charge is 0.444 e. The molecular formula is C29H39N9O3. The molecule has 1 aromatic carbocycles. The van der Waals surface area contributed by atoms with Gasteiger partial charge in [0.2, 0.25) is 11.9 Å². The first-order chi connectivity index (χ1) is 19.6. The molecule has 2 amide bonds. The number of amides is 2. The quantitative estimate of drug-likeness (QED) is 0.233. The number of carbonyl (C=O) groups excluding carboxylic acids is 2. The molecule has 3 N–H and O–H groups in total. The molecule has 41 heavy (non-hydrogen) atoms. The average molecular weight is 562 g/mol. The van der Waals surface area contributed by atoms with Gasteiger partial charge in [-0.2, -0.15) is 4.98 Å². The third-order valence-corrected chi connectivity index (χ3v) is 5.76. The predicted molar refractivity (Wildman–Crippen MR) is 158 cm³/mol. The van der Waals surface area contributed by atoms with E-state index in [1.807, 2.05) is 24.3 Å². The summed E-state index contributed by atoms with van der Waals surface area (Å²) in [5, 5.41) is 17.3. The molecule has 3 rings (SSSR count). The van der Waals surface area contributed by atoms with E-state index in [9.17, 15) is 9.59 Å². The zero-order chi connectivity index (χ0) is 29.8. The topological polar surface area (TPSA) is 139 Å². The summed E-state index contributed by atoms with van der Waals surface area (Å²) in [5.41, 5.74) is 1.74. The van der Waals surface area contributed by atoms with E-state index in [2.05, 4.69) is 55.0 Å². The molecule has 12 nitrogen and oxygen atoms in total. The molecule has 12 heteroatoms. The molecule has 0 bridgehead atoms. The van der Waals surface area contributed by atoms with Crippen molar-refractivity contribution in [2.24, 2.45) is 0 Å². The Bertz CT molecular complexity index is 1360. The molecule has 0 unspecified atom stereocenters. The Kier molecular flexibility index (Phi) is 11.0. The van der Waals surface area contributed by atoms with Gasteiger partial charge in [0.05, 0.1) is 29.8 Å². The Labute approximate surface area is 241 Å². The Hall–Kier alpha value is -4.66. The minimum absolute atomic E-state index is 0.249. The van der Waals surface area contributed by atoms with Gasteiger partial charge in [0.25, 0.3) is 0 Å². The summed E-state index contributed by atoms with van der Waals surface area (Å²) < 4.78 is 7.00. The maximum atomic E-state index is 12.5. The van der Waals surface area contributed by atoms with Crippen LogP contribution in [0.4, 0.5) is 22.2 Å². The number of benzene rings is 1. The highest BCUT2D eigenvalue weighted by atomic mass is 16.6. The van der Waals surface area contributed by atoms with Crippen molar-refractivity contribution in [1.29, 1.82) is 0 Å². The number of likely N-dealkylation sites (N-methyl/N-ethyl adjacent to an activating group) is 1. The van der Waals surface area contributed by atoms with Crippen molar-refractivity contribution < 1.29 is 14.3 Å². The maximum absolute atomic E-state index is 12.5. The van der Waals surface area contributed by atoms with Gasteiger partial charge in [-0.3, -0.25) is 9.69 Å². The molecule has 2 aromatic heterocycles. The number of nitrogens with zero attached hydrogens (tertiary/aromatic N) is 6. The van der Waals surface area contributed by atoms with Crippen LogP contribution in [0.5, 0.6) is 0 Å². The predicted octanol–water partition coefficient (Wildman–Crippen LogP) is 4.13. The van der Waals surface area contributed by atoms with Crippen molar-refractivity contribution in [1.82, 2.24) is 35.2 Å². The molecule has 0 saturated carbocycles. The Morgan fingerprint density at radius 3 is 2.73 bits per heavy atom.